The van der Waals surface area contributed by atoms with Crippen molar-refractivity contribution in [3.8, 4) is 0 Å². The maximum atomic E-state index is 12.2. The maximum absolute atomic E-state index is 12.2. The van der Waals surface area contributed by atoms with Crippen LogP contribution in [0.3, 0.4) is 0 Å². The first-order valence-corrected chi connectivity index (χ1v) is 7.29. The van der Waals surface area contributed by atoms with Crippen LogP contribution >= 0.6 is 0 Å². The van der Waals surface area contributed by atoms with Crippen LogP contribution in [0.1, 0.15) is 44.9 Å². The van der Waals surface area contributed by atoms with E-state index in [9.17, 15) is 4.79 Å². The van der Waals surface area contributed by atoms with Gasteiger partial charge < -0.3 is 10.2 Å². The van der Waals surface area contributed by atoms with Crippen molar-refractivity contribution in [2.24, 2.45) is 11.3 Å². The number of piperidine rings is 2. The molecule has 3 nitrogen and oxygen atoms in total. The Hall–Kier alpha value is -0.570. The van der Waals surface area contributed by atoms with Gasteiger partial charge in [-0.05, 0) is 57.0 Å². The zero-order valence-corrected chi connectivity index (χ0v) is 10.7. The molecule has 3 aliphatic rings. The normalized spacial score (nSPS) is 29.1. The Kier molecular flexibility index (Phi) is 3.12. The minimum absolute atomic E-state index is 0.386. The molecule has 1 aliphatic carbocycles. The minimum atomic E-state index is 0.386. The summed E-state index contributed by atoms with van der Waals surface area (Å²) in [6, 6.07) is 0. The maximum Gasteiger partial charge on any atom is 0.225 e. The second-order valence-electron chi connectivity index (χ2n) is 6.20. The van der Waals surface area contributed by atoms with Gasteiger partial charge in [0.1, 0.15) is 0 Å². The zero-order valence-electron chi connectivity index (χ0n) is 10.7. The summed E-state index contributed by atoms with van der Waals surface area (Å²) < 4.78 is 0. The molecule has 17 heavy (non-hydrogen) atoms. The van der Waals surface area contributed by atoms with Gasteiger partial charge in [-0.1, -0.05) is 6.42 Å². The predicted octanol–water partition coefficient (Wildman–Crippen LogP) is 1.78. The van der Waals surface area contributed by atoms with Gasteiger partial charge in [0.05, 0.1) is 0 Å². The molecule has 96 valence electrons. The SMILES string of the molecule is O=C(C1CCC1)N1CCC2(CCNCC2)CC1. The van der Waals surface area contributed by atoms with Crippen LogP contribution in [0.25, 0.3) is 0 Å². The molecule has 1 spiro atoms. The lowest BCUT2D eigenvalue weighted by Crippen LogP contribution is -2.49. The fourth-order valence-electron chi connectivity index (χ4n) is 3.57. The summed E-state index contributed by atoms with van der Waals surface area (Å²) in [5.74, 6) is 0.845. The topological polar surface area (TPSA) is 32.3 Å². The molecule has 2 aliphatic heterocycles. The second kappa shape index (κ2) is 4.60. The summed E-state index contributed by atoms with van der Waals surface area (Å²) in [7, 11) is 0. The van der Waals surface area contributed by atoms with E-state index in [4.69, 9.17) is 0 Å². The van der Waals surface area contributed by atoms with Crippen molar-refractivity contribution in [2.75, 3.05) is 26.2 Å². The van der Waals surface area contributed by atoms with Crippen LogP contribution in [0, 0.1) is 11.3 Å². The number of likely N-dealkylation sites (tertiary alicyclic amines) is 1. The van der Waals surface area contributed by atoms with Gasteiger partial charge in [0.25, 0.3) is 0 Å². The van der Waals surface area contributed by atoms with E-state index < -0.39 is 0 Å². The molecule has 1 amide bonds. The highest BCUT2D eigenvalue weighted by Gasteiger charge is 2.38. The van der Waals surface area contributed by atoms with Crippen LogP contribution in [0.4, 0.5) is 0 Å². The van der Waals surface area contributed by atoms with E-state index in [1.165, 1.54) is 45.2 Å². The number of hydrogen-bond donors (Lipinski definition) is 1. The Bertz CT molecular complexity index is 283. The molecule has 3 rings (SSSR count). The lowest BCUT2D eigenvalue weighted by atomic mass is 9.71. The van der Waals surface area contributed by atoms with E-state index in [0.29, 0.717) is 17.2 Å². The Labute approximate surface area is 104 Å². The van der Waals surface area contributed by atoms with E-state index >= 15 is 0 Å². The number of nitrogens with zero attached hydrogens (tertiary/aromatic N) is 1. The largest absolute Gasteiger partial charge is 0.342 e. The van der Waals surface area contributed by atoms with Crippen LogP contribution in [0.2, 0.25) is 0 Å². The molecule has 0 aromatic heterocycles. The van der Waals surface area contributed by atoms with Crippen LogP contribution < -0.4 is 5.32 Å². The molecule has 3 heteroatoms. The van der Waals surface area contributed by atoms with Crippen LogP contribution in [0.5, 0.6) is 0 Å². The van der Waals surface area contributed by atoms with Gasteiger partial charge in [-0.3, -0.25) is 4.79 Å². The third kappa shape index (κ3) is 2.22. The molecular formula is C14H24N2O. The van der Waals surface area contributed by atoms with Gasteiger partial charge in [0, 0.05) is 19.0 Å². The molecule has 1 N–H and O–H groups in total. The standard InChI is InChI=1S/C14H24N2O/c17-13(12-2-1-3-12)16-10-6-14(7-11-16)4-8-15-9-5-14/h12,15H,1-11H2. The van der Waals surface area contributed by atoms with Gasteiger partial charge in [0.2, 0.25) is 5.91 Å². The molecule has 0 bridgehead atoms. The third-order valence-electron chi connectivity index (χ3n) is 5.25. The molecule has 0 aromatic carbocycles. The number of amides is 1. The number of nitrogens with one attached hydrogen (secondary N) is 1. The fourth-order valence-corrected chi connectivity index (χ4v) is 3.57. The molecule has 0 atom stereocenters. The molecule has 2 saturated heterocycles. The van der Waals surface area contributed by atoms with Crippen molar-refractivity contribution in [1.82, 2.24) is 10.2 Å². The van der Waals surface area contributed by atoms with Crippen molar-refractivity contribution in [2.45, 2.75) is 44.9 Å². The van der Waals surface area contributed by atoms with E-state index in [-0.39, 0.29) is 0 Å². The van der Waals surface area contributed by atoms with Crippen molar-refractivity contribution >= 4 is 5.91 Å². The van der Waals surface area contributed by atoms with E-state index in [0.717, 1.165) is 25.9 Å². The molecule has 0 unspecified atom stereocenters. The quantitative estimate of drug-likeness (QED) is 0.752. The van der Waals surface area contributed by atoms with Gasteiger partial charge in [-0.15, -0.1) is 0 Å². The Morgan fingerprint density at radius 2 is 1.71 bits per heavy atom. The highest BCUT2D eigenvalue weighted by molar-refractivity contribution is 5.79. The van der Waals surface area contributed by atoms with E-state index in [1.54, 1.807) is 0 Å². The first kappa shape index (κ1) is 11.5. The van der Waals surface area contributed by atoms with Crippen LogP contribution in [-0.2, 0) is 4.79 Å². The van der Waals surface area contributed by atoms with Gasteiger partial charge in [-0.25, -0.2) is 0 Å². The van der Waals surface area contributed by atoms with Crippen molar-refractivity contribution in [3.05, 3.63) is 0 Å². The molecule has 3 fully saturated rings. The number of carbonyl (C=O) groups excluding carboxylic acids is 1. The first-order valence-electron chi connectivity index (χ1n) is 7.29. The van der Waals surface area contributed by atoms with Gasteiger partial charge in [-0.2, -0.15) is 0 Å². The fraction of sp³-hybridized carbons (Fsp3) is 0.929. The second-order valence-corrected chi connectivity index (χ2v) is 6.20. The predicted molar refractivity (Wildman–Crippen MR) is 67.7 cm³/mol. The monoisotopic (exact) mass is 236 g/mol. The lowest BCUT2D eigenvalue weighted by molar-refractivity contribution is -0.140. The summed E-state index contributed by atoms with van der Waals surface area (Å²) in [6.07, 6.45) is 8.67. The van der Waals surface area contributed by atoms with Gasteiger partial charge >= 0.3 is 0 Å². The lowest BCUT2D eigenvalue weighted by Gasteiger charge is -2.45. The first-order chi connectivity index (χ1) is 8.29. The van der Waals surface area contributed by atoms with E-state index in [2.05, 4.69) is 10.2 Å². The number of hydrogen-bond acceptors (Lipinski definition) is 2. The number of carbonyl (C=O) groups is 1. The number of rotatable bonds is 1. The summed E-state index contributed by atoms with van der Waals surface area (Å²) in [4.78, 5) is 14.3. The Morgan fingerprint density at radius 1 is 1.06 bits per heavy atom. The smallest absolute Gasteiger partial charge is 0.225 e. The minimum Gasteiger partial charge on any atom is -0.342 e. The molecule has 0 radical (unpaired) electrons. The van der Waals surface area contributed by atoms with Crippen molar-refractivity contribution in [3.63, 3.8) is 0 Å². The molecular weight excluding hydrogens is 212 g/mol. The summed E-state index contributed by atoms with van der Waals surface area (Å²) in [5, 5.41) is 3.45. The van der Waals surface area contributed by atoms with Crippen molar-refractivity contribution in [1.29, 1.82) is 0 Å². The molecule has 2 heterocycles. The van der Waals surface area contributed by atoms with Crippen LogP contribution in [0.15, 0.2) is 0 Å². The summed E-state index contributed by atoms with van der Waals surface area (Å²) in [5.41, 5.74) is 0.571. The average Bonchev–Trinajstić information content (AvgIpc) is 2.28. The summed E-state index contributed by atoms with van der Waals surface area (Å²) >= 11 is 0. The Balaban J connectivity index is 1.54. The summed E-state index contributed by atoms with van der Waals surface area (Å²) in [6.45, 7) is 4.40. The highest BCUT2D eigenvalue weighted by atomic mass is 16.2. The highest BCUT2D eigenvalue weighted by Crippen LogP contribution is 2.40. The van der Waals surface area contributed by atoms with Gasteiger partial charge in [0.15, 0.2) is 0 Å². The van der Waals surface area contributed by atoms with Crippen molar-refractivity contribution < 1.29 is 4.79 Å². The molecule has 0 aromatic rings. The zero-order chi connectivity index (χ0) is 11.7. The Morgan fingerprint density at radius 3 is 2.24 bits per heavy atom. The van der Waals surface area contributed by atoms with E-state index in [1.807, 2.05) is 0 Å². The molecule has 1 saturated carbocycles. The van der Waals surface area contributed by atoms with Crippen LogP contribution in [-0.4, -0.2) is 37.0 Å². The average molecular weight is 236 g/mol. The third-order valence-corrected chi connectivity index (χ3v) is 5.25.